The number of benzene rings is 3. The predicted molar refractivity (Wildman–Crippen MR) is 150 cm³/mol. The number of nitrogens with zero attached hydrogens (tertiary/aromatic N) is 3. The van der Waals surface area contributed by atoms with Crippen LogP contribution in [0, 0.1) is 6.92 Å². The first kappa shape index (κ1) is 24.6. The van der Waals surface area contributed by atoms with Gasteiger partial charge in [0.25, 0.3) is 5.91 Å². The van der Waals surface area contributed by atoms with Crippen LogP contribution in [0.4, 0.5) is 11.4 Å². The molecule has 0 N–H and O–H groups in total. The molecule has 0 fully saturated rings. The van der Waals surface area contributed by atoms with Gasteiger partial charge in [-0.15, -0.1) is 0 Å². The van der Waals surface area contributed by atoms with Crippen molar-refractivity contribution in [2.75, 3.05) is 15.6 Å². The molecule has 0 saturated carbocycles. The lowest BCUT2D eigenvalue weighted by molar-refractivity contribution is -0.116. The van der Waals surface area contributed by atoms with Crippen molar-refractivity contribution in [3.05, 3.63) is 99.2 Å². The maximum absolute atomic E-state index is 13.5. The smallest absolute Gasteiger partial charge is 0.283 e. The van der Waals surface area contributed by atoms with Gasteiger partial charge in [-0.25, -0.2) is 4.99 Å². The summed E-state index contributed by atoms with van der Waals surface area (Å²) in [5.41, 5.74) is 4.72. The number of halogens is 2. The van der Waals surface area contributed by atoms with Crippen molar-refractivity contribution >= 4 is 69.4 Å². The number of para-hydroxylation sites is 1. The lowest BCUT2D eigenvalue weighted by Crippen LogP contribution is -2.38. The SMILES string of the molecule is Cc1ccc(N2C(=O)/C(=C\c3cccc(Cl)c3Cl)N=C2SCC(=O)N2c3ccccc3CC2C)cc1. The number of fused-ring (bicyclic) bond motifs is 1. The van der Waals surface area contributed by atoms with Crippen LogP contribution >= 0.6 is 35.0 Å². The molecule has 3 aromatic carbocycles. The summed E-state index contributed by atoms with van der Waals surface area (Å²) < 4.78 is 0. The Morgan fingerprint density at radius 3 is 2.61 bits per heavy atom. The van der Waals surface area contributed by atoms with Crippen molar-refractivity contribution in [3.8, 4) is 0 Å². The van der Waals surface area contributed by atoms with Crippen LogP contribution in [-0.4, -0.2) is 28.8 Å². The molecule has 8 heteroatoms. The molecule has 36 heavy (non-hydrogen) atoms. The van der Waals surface area contributed by atoms with E-state index in [9.17, 15) is 9.59 Å². The van der Waals surface area contributed by atoms with E-state index in [1.54, 1.807) is 29.2 Å². The highest BCUT2D eigenvalue weighted by molar-refractivity contribution is 8.14. The van der Waals surface area contributed by atoms with Crippen LogP contribution in [-0.2, 0) is 16.0 Å². The molecule has 0 aromatic heterocycles. The van der Waals surface area contributed by atoms with E-state index in [1.807, 2.05) is 61.2 Å². The van der Waals surface area contributed by atoms with Gasteiger partial charge >= 0.3 is 0 Å². The minimum atomic E-state index is -0.287. The molecule has 5 nitrogen and oxygen atoms in total. The summed E-state index contributed by atoms with van der Waals surface area (Å²) in [4.78, 5) is 34.8. The highest BCUT2D eigenvalue weighted by Gasteiger charge is 2.35. The maximum atomic E-state index is 13.5. The van der Waals surface area contributed by atoms with Crippen molar-refractivity contribution < 1.29 is 9.59 Å². The van der Waals surface area contributed by atoms with Crippen LogP contribution in [0.1, 0.15) is 23.6 Å². The summed E-state index contributed by atoms with van der Waals surface area (Å²) in [6.07, 6.45) is 2.46. The third-order valence-corrected chi connectivity index (χ3v) is 7.95. The molecule has 5 rings (SSSR count). The minimum Gasteiger partial charge on any atom is -0.308 e. The number of amides is 2. The zero-order valence-electron chi connectivity index (χ0n) is 19.7. The summed E-state index contributed by atoms with van der Waals surface area (Å²) in [6.45, 7) is 4.03. The molecule has 1 unspecified atom stereocenters. The fourth-order valence-electron chi connectivity index (χ4n) is 4.44. The van der Waals surface area contributed by atoms with Gasteiger partial charge in [0, 0.05) is 11.7 Å². The van der Waals surface area contributed by atoms with E-state index >= 15 is 0 Å². The first-order valence-electron chi connectivity index (χ1n) is 11.5. The molecule has 0 bridgehead atoms. The average molecular weight is 536 g/mol. The number of aryl methyl sites for hydroxylation is 1. The highest BCUT2D eigenvalue weighted by Crippen LogP contribution is 2.35. The molecule has 182 valence electrons. The van der Waals surface area contributed by atoms with Gasteiger partial charge in [-0.05, 0) is 61.7 Å². The van der Waals surface area contributed by atoms with Gasteiger partial charge in [-0.3, -0.25) is 14.5 Å². The van der Waals surface area contributed by atoms with Crippen LogP contribution in [0.2, 0.25) is 10.0 Å². The molecule has 0 spiro atoms. The second-order valence-electron chi connectivity index (χ2n) is 8.78. The lowest BCUT2D eigenvalue weighted by Gasteiger charge is -2.23. The number of carbonyl (C=O) groups is 2. The Bertz CT molecular complexity index is 1420. The largest absolute Gasteiger partial charge is 0.308 e. The van der Waals surface area contributed by atoms with Gasteiger partial charge in [-0.1, -0.05) is 83.0 Å². The number of anilines is 2. The molecule has 0 aliphatic carbocycles. The predicted octanol–water partition coefficient (Wildman–Crippen LogP) is 6.76. The van der Waals surface area contributed by atoms with Crippen molar-refractivity contribution in [2.45, 2.75) is 26.3 Å². The zero-order chi connectivity index (χ0) is 25.4. The van der Waals surface area contributed by atoms with Crippen LogP contribution in [0.3, 0.4) is 0 Å². The summed E-state index contributed by atoms with van der Waals surface area (Å²) in [5, 5.41) is 1.20. The summed E-state index contributed by atoms with van der Waals surface area (Å²) in [7, 11) is 0. The van der Waals surface area contributed by atoms with Gasteiger partial charge < -0.3 is 4.90 Å². The molecule has 3 aromatic rings. The Kier molecular flexibility index (Phi) is 6.93. The molecule has 2 aliphatic rings. The van der Waals surface area contributed by atoms with Gasteiger partial charge in [0.05, 0.1) is 21.5 Å². The fourth-order valence-corrected chi connectivity index (χ4v) is 5.67. The summed E-state index contributed by atoms with van der Waals surface area (Å²) in [5.74, 6) is -0.158. The van der Waals surface area contributed by atoms with E-state index in [2.05, 4.69) is 11.1 Å². The second-order valence-corrected chi connectivity index (χ2v) is 10.5. The molecule has 1 atom stereocenters. The Morgan fingerprint density at radius 2 is 1.83 bits per heavy atom. The van der Waals surface area contributed by atoms with Gasteiger partial charge in [-0.2, -0.15) is 0 Å². The molecular weight excluding hydrogens is 513 g/mol. The number of thioether (sulfide) groups is 1. The third kappa shape index (κ3) is 4.69. The molecule has 2 amide bonds. The number of rotatable bonds is 4. The van der Waals surface area contributed by atoms with E-state index in [0.29, 0.717) is 26.5 Å². The maximum Gasteiger partial charge on any atom is 0.283 e. The Labute approximate surface area is 224 Å². The van der Waals surface area contributed by atoms with Gasteiger partial charge in [0.15, 0.2) is 5.17 Å². The molecule has 0 saturated heterocycles. The summed E-state index contributed by atoms with van der Waals surface area (Å²) >= 11 is 13.8. The molecule has 2 aliphatic heterocycles. The molecule has 2 heterocycles. The Hall–Kier alpha value is -3.06. The standard InChI is InChI=1S/C28H23Cl2N3O2S/c1-17-10-12-21(13-11-17)33-27(35)23(15-20-7-5-8-22(29)26(20)30)31-28(33)36-16-25(34)32-18(2)14-19-6-3-4-9-24(19)32/h3-13,15,18H,14,16H2,1-2H3/b23-15+. The third-order valence-electron chi connectivity index (χ3n) is 6.20. The van der Waals surface area contributed by atoms with E-state index < -0.39 is 0 Å². The average Bonchev–Trinajstić information content (AvgIpc) is 3.36. The van der Waals surface area contributed by atoms with Gasteiger partial charge in [0.2, 0.25) is 5.91 Å². The zero-order valence-corrected chi connectivity index (χ0v) is 22.1. The molecular formula is C28H23Cl2N3O2S. The highest BCUT2D eigenvalue weighted by atomic mass is 35.5. The number of amidine groups is 1. The first-order valence-corrected chi connectivity index (χ1v) is 13.3. The number of carbonyl (C=O) groups excluding carboxylic acids is 2. The van der Waals surface area contributed by atoms with Crippen LogP contribution in [0.25, 0.3) is 6.08 Å². The van der Waals surface area contributed by atoms with Gasteiger partial charge in [0.1, 0.15) is 5.70 Å². The van der Waals surface area contributed by atoms with E-state index in [4.69, 9.17) is 23.2 Å². The monoisotopic (exact) mass is 535 g/mol. The number of aliphatic imine (C=N–C) groups is 1. The Morgan fingerprint density at radius 1 is 1.08 bits per heavy atom. The second kappa shape index (κ2) is 10.1. The van der Waals surface area contributed by atoms with E-state index in [1.165, 1.54) is 17.3 Å². The van der Waals surface area contributed by atoms with E-state index in [0.717, 1.165) is 17.7 Å². The van der Waals surface area contributed by atoms with Crippen LogP contribution < -0.4 is 9.80 Å². The number of hydrogen-bond acceptors (Lipinski definition) is 4. The lowest BCUT2D eigenvalue weighted by atomic mass is 10.1. The van der Waals surface area contributed by atoms with Crippen LogP contribution in [0.15, 0.2) is 77.4 Å². The van der Waals surface area contributed by atoms with Crippen LogP contribution in [0.5, 0.6) is 0 Å². The summed E-state index contributed by atoms with van der Waals surface area (Å²) in [6, 6.07) is 20.9. The quantitative estimate of drug-likeness (QED) is 0.347. The fraction of sp³-hybridized carbons (Fsp3) is 0.179. The first-order chi connectivity index (χ1) is 17.3. The van der Waals surface area contributed by atoms with Crippen molar-refractivity contribution in [1.82, 2.24) is 0 Å². The topological polar surface area (TPSA) is 53.0 Å². The van der Waals surface area contributed by atoms with Crippen molar-refractivity contribution in [1.29, 1.82) is 0 Å². The normalized spacial score (nSPS) is 18.1. The van der Waals surface area contributed by atoms with E-state index in [-0.39, 0.29) is 29.3 Å². The number of hydrogen-bond donors (Lipinski definition) is 0. The molecule has 0 radical (unpaired) electrons. The van der Waals surface area contributed by atoms with Crippen molar-refractivity contribution in [2.24, 2.45) is 4.99 Å². The minimum absolute atomic E-state index is 0.0215. The Balaban J connectivity index is 1.44. The van der Waals surface area contributed by atoms with Crippen molar-refractivity contribution in [3.63, 3.8) is 0 Å².